The van der Waals surface area contributed by atoms with Gasteiger partial charge >= 0.3 is 0 Å². The maximum Gasteiger partial charge on any atom is 0.289 e. The highest BCUT2D eigenvalue weighted by atomic mass is 16.5. The number of fused-ring (bicyclic) bond motifs is 2. The number of amides is 1. The molecule has 0 N–H and O–H groups in total. The number of para-hydroxylation sites is 1. The number of rotatable bonds is 3. The number of furan rings is 1. The number of carbonyl (C=O) groups excluding carboxylic acids is 1. The van der Waals surface area contributed by atoms with Crippen molar-refractivity contribution in [3.63, 3.8) is 0 Å². The highest BCUT2D eigenvalue weighted by molar-refractivity contribution is 5.96. The van der Waals surface area contributed by atoms with E-state index in [0.717, 1.165) is 22.6 Å². The number of benzene rings is 1. The van der Waals surface area contributed by atoms with Crippen LogP contribution in [0.3, 0.4) is 0 Å². The van der Waals surface area contributed by atoms with E-state index in [1.54, 1.807) is 7.11 Å². The number of methoxy groups -OCH3 is 1. The summed E-state index contributed by atoms with van der Waals surface area (Å²) in [4.78, 5) is 14.8. The van der Waals surface area contributed by atoms with E-state index in [1.165, 1.54) is 0 Å². The lowest BCUT2D eigenvalue weighted by Crippen LogP contribution is -2.40. The summed E-state index contributed by atoms with van der Waals surface area (Å²) in [6, 6.07) is 9.48. The van der Waals surface area contributed by atoms with Crippen LogP contribution < -0.4 is 0 Å². The average molecular weight is 340 g/mol. The third-order valence-corrected chi connectivity index (χ3v) is 4.65. The Balaban J connectivity index is 1.59. The highest BCUT2D eigenvalue weighted by Crippen LogP contribution is 2.23. The summed E-state index contributed by atoms with van der Waals surface area (Å²) in [5.41, 5.74) is 0.729. The van der Waals surface area contributed by atoms with Crippen molar-refractivity contribution in [3.8, 4) is 0 Å². The molecule has 0 saturated heterocycles. The van der Waals surface area contributed by atoms with Crippen LogP contribution in [0.2, 0.25) is 0 Å². The van der Waals surface area contributed by atoms with E-state index in [9.17, 15) is 4.79 Å². The zero-order valence-corrected chi connectivity index (χ0v) is 14.3. The predicted molar refractivity (Wildman–Crippen MR) is 91.2 cm³/mol. The van der Waals surface area contributed by atoms with Crippen LogP contribution in [-0.2, 0) is 24.3 Å². The van der Waals surface area contributed by atoms with Gasteiger partial charge < -0.3 is 18.6 Å². The summed E-state index contributed by atoms with van der Waals surface area (Å²) in [5, 5.41) is 9.38. The SMILES string of the molecule is COCc1nnc2n1CCN(C(=O)c1cc3ccccc3o1)C(C)C2. The standard InChI is InChI=1S/C18H20N4O3/c1-12-9-16-19-20-17(11-24-2)22(16)8-7-21(12)18(23)15-10-13-5-3-4-6-14(13)25-15/h3-6,10,12H,7-9,11H2,1-2H3. The van der Waals surface area contributed by atoms with Crippen molar-refractivity contribution in [1.29, 1.82) is 0 Å². The largest absolute Gasteiger partial charge is 0.451 e. The molecular formula is C18H20N4O3. The van der Waals surface area contributed by atoms with Crippen LogP contribution in [0.25, 0.3) is 11.0 Å². The molecule has 7 nitrogen and oxygen atoms in total. The molecule has 2 aromatic heterocycles. The second kappa shape index (κ2) is 6.33. The topological polar surface area (TPSA) is 73.4 Å². The monoisotopic (exact) mass is 340 g/mol. The second-order valence-electron chi connectivity index (χ2n) is 6.32. The number of ether oxygens (including phenoxy) is 1. The Hall–Kier alpha value is -2.67. The van der Waals surface area contributed by atoms with Crippen molar-refractivity contribution in [3.05, 3.63) is 47.7 Å². The van der Waals surface area contributed by atoms with Crippen LogP contribution >= 0.6 is 0 Å². The molecule has 1 atom stereocenters. The zero-order chi connectivity index (χ0) is 17.4. The fourth-order valence-corrected chi connectivity index (χ4v) is 3.35. The van der Waals surface area contributed by atoms with Crippen molar-refractivity contribution in [1.82, 2.24) is 19.7 Å². The first-order chi connectivity index (χ1) is 12.2. The minimum Gasteiger partial charge on any atom is -0.451 e. The Bertz CT molecular complexity index is 881. The summed E-state index contributed by atoms with van der Waals surface area (Å²) in [7, 11) is 1.64. The minimum absolute atomic E-state index is 0.0153. The van der Waals surface area contributed by atoms with E-state index < -0.39 is 0 Å². The Labute approximate surface area is 145 Å². The van der Waals surface area contributed by atoms with E-state index >= 15 is 0 Å². The number of aromatic nitrogens is 3. The van der Waals surface area contributed by atoms with E-state index in [2.05, 4.69) is 10.2 Å². The molecule has 4 rings (SSSR count). The maximum absolute atomic E-state index is 13.0. The molecule has 1 aliphatic heterocycles. The molecule has 1 aliphatic rings. The van der Waals surface area contributed by atoms with Gasteiger partial charge in [0, 0.05) is 38.0 Å². The van der Waals surface area contributed by atoms with Crippen molar-refractivity contribution < 1.29 is 13.9 Å². The fourth-order valence-electron chi connectivity index (χ4n) is 3.35. The lowest BCUT2D eigenvalue weighted by molar-refractivity contribution is 0.0664. The number of nitrogens with zero attached hydrogens (tertiary/aromatic N) is 4. The van der Waals surface area contributed by atoms with Crippen molar-refractivity contribution in [2.75, 3.05) is 13.7 Å². The molecular weight excluding hydrogens is 320 g/mol. The van der Waals surface area contributed by atoms with E-state index in [1.807, 2.05) is 46.7 Å². The summed E-state index contributed by atoms with van der Waals surface area (Å²) in [6.45, 7) is 3.68. The lowest BCUT2D eigenvalue weighted by Gasteiger charge is -2.25. The Morgan fingerprint density at radius 2 is 2.16 bits per heavy atom. The van der Waals surface area contributed by atoms with Gasteiger partial charge in [0.15, 0.2) is 11.6 Å². The second-order valence-corrected chi connectivity index (χ2v) is 6.32. The lowest BCUT2D eigenvalue weighted by atomic mass is 10.2. The molecule has 3 heterocycles. The predicted octanol–water partition coefficient (Wildman–Crippen LogP) is 2.26. The molecule has 0 radical (unpaired) electrons. The normalized spacial score (nSPS) is 17.5. The zero-order valence-electron chi connectivity index (χ0n) is 14.3. The molecule has 130 valence electrons. The number of hydrogen-bond donors (Lipinski definition) is 0. The third kappa shape index (κ3) is 2.80. The Morgan fingerprint density at radius 1 is 1.32 bits per heavy atom. The quantitative estimate of drug-likeness (QED) is 0.731. The molecule has 0 spiro atoms. The van der Waals surface area contributed by atoms with Gasteiger partial charge in [0.2, 0.25) is 0 Å². The van der Waals surface area contributed by atoms with Gasteiger partial charge in [-0.05, 0) is 19.1 Å². The van der Waals surface area contributed by atoms with Crippen LogP contribution in [0.15, 0.2) is 34.7 Å². The molecule has 3 aromatic rings. The van der Waals surface area contributed by atoms with Gasteiger partial charge in [-0.3, -0.25) is 4.79 Å². The first-order valence-electron chi connectivity index (χ1n) is 8.37. The van der Waals surface area contributed by atoms with Crippen molar-refractivity contribution in [2.24, 2.45) is 0 Å². The first-order valence-corrected chi connectivity index (χ1v) is 8.37. The smallest absolute Gasteiger partial charge is 0.289 e. The number of hydrogen-bond acceptors (Lipinski definition) is 5. The molecule has 0 bridgehead atoms. The average Bonchev–Trinajstić information content (AvgIpc) is 3.16. The fraction of sp³-hybridized carbons (Fsp3) is 0.389. The van der Waals surface area contributed by atoms with E-state index in [-0.39, 0.29) is 11.9 Å². The van der Waals surface area contributed by atoms with Gasteiger partial charge in [0.1, 0.15) is 18.0 Å². The molecule has 1 amide bonds. The van der Waals surface area contributed by atoms with Crippen LogP contribution in [-0.4, -0.2) is 45.3 Å². The molecule has 0 saturated carbocycles. The third-order valence-electron chi connectivity index (χ3n) is 4.65. The van der Waals surface area contributed by atoms with Gasteiger partial charge in [-0.15, -0.1) is 10.2 Å². The summed E-state index contributed by atoms with van der Waals surface area (Å²) in [5.74, 6) is 1.97. The van der Waals surface area contributed by atoms with Gasteiger partial charge in [0.25, 0.3) is 5.91 Å². The first kappa shape index (κ1) is 15.8. The van der Waals surface area contributed by atoms with E-state index in [0.29, 0.717) is 31.9 Å². The molecule has 1 unspecified atom stereocenters. The minimum atomic E-state index is -0.0873. The van der Waals surface area contributed by atoms with E-state index in [4.69, 9.17) is 9.15 Å². The summed E-state index contributed by atoms with van der Waals surface area (Å²) in [6.07, 6.45) is 0.655. The molecule has 0 fully saturated rings. The molecule has 25 heavy (non-hydrogen) atoms. The summed E-state index contributed by atoms with van der Waals surface area (Å²) >= 11 is 0. The van der Waals surface area contributed by atoms with Crippen LogP contribution in [0.5, 0.6) is 0 Å². The molecule has 7 heteroatoms. The maximum atomic E-state index is 13.0. The highest BCUT2D eigenvalue weighted by Gasteiger charge is 2.29. The van der Waals surface area contributed by atoms with Gasteiger partial charge in [-0.1, -0.05) is 18.2 Å². The van der Waals surface area contributed by atoms with Crippen molar-refractivity contribution >= 4 is 16.9 Å². The van der Waals surface area contributed by atoms with Crippen LogP contribution in [0.4, 0.5) is 0 Å². The molecule has 1 aromatic carbocycles. The van der Waals surface area contributed by atoms with Crippen LogP contribution in [0.1, 0.15) is 29.1 Å². The Kier molecular flexibility index (Phi) is 4.01. The number of carbonyl (C=O) groups is 1. The van der Waals surface area contributed by atoms with Crippen molar-refractivity contribution in [2.45, 2.75) is 32.5 Å². The summed E-state index contributed by atoms with van der Waals surface area (Å²) < 4.78 is 13.0. The van der Waals surface area contributed by atoms with Gasteiger partial charge in [-0.25, -0.2) is 0 Å². The van der Waals surface area contributed by atoms with Crippen LogP contribution in [0, 0.1) is 0 Å². The Morgan fingerprint density at radius 3 is 2.96 bits per heavy atom. The van der Waals surface area contributed by atoms with Gasteiger partial charge in [-0.2, -0.15) is 0 Å². The van der Waals surface area contributed by atoms with Gasteiger partial charge in [0.05, 0.1) is 0 Å². The molecule has 0 aliphatic carbocycles.